The van der Waals surface area contributed by atoms with E-state index in [1.165, 1.54) is 18.2 Å². The van der Waals surface area contributed by atoms with Gasteiger partial charge < -0.3 is 14.6 Å². The summed E-state index contributed by atoms with van der Waals surface area (Å²) in [7, 11) is 0. The summed E-state index contributed by atoms with van der Waals surface area (Å²) < 4.78 is 5.45. The molecule has 4 nitrogen and oxygen atoms in total. The van der Waals surface area contributed by atoms with E-state index in [0.717, 1.165) is 5.57 Å². The van der Waals surface area contributed by atoms with Gasteiger partial charge in [-0.1, -0.05) is 30.1 Å². The van der Waals surface area contributed by atoms with E-state index in [4.69, 9.17) is 9.52 Å². The molecule has 0 unspecified atom stereocenters. The summed E-state index contributed by atoms with van der Waals surface area (Å²) in [6.45, 7) is 0. The van der Waals surface area contributed by atoms with Crippen LogP contribution in [0.15, 0.2) is 82.8 Å². The van der Waals surface area contributed by atoms with Crippen LogP contribution < -0.4 is 5.11 Å². The summed E-state index contributed by atoms with van der Waals surface area (Å²) in [6.07, 6.45) is 9.08. The molecule has 0 saturated heterocycles. The molecule has 5 heteroatoms. The third-order valence-corrected chi connectivity index (χ3v) is 3.46. The predicted octanol–water partition coefficient (Wildman–Crippen LogP) is 4.12. The molecule has 25 heavy (non-hydrogen) atoms. The minimum atomic E-state index is -1.07. The first kappa shape index (κ1) is 18.5. The molecule has 0 spiro atoms. The number of carbonyl (C=O) groups is 1. The Labute approximate surface area is 155 Å². The van der Waals surface area contributed by atoms with E-state index in [2.05, 4.69) is 0 Å². The minimum absolute atomic E-state index is 0. The summed E-state index contributed by atoms with van der Waals surface area (Å²) in [5, 5.41) is 21.3. The van der Waals surface area contributed by atoms with Crippen LogP contribution in [-0.4, -0.2) is 11.1 Å². The van der Waals surface area contributed by atoms with Gasteiger partial charge in [0.25, 0.3) is 0 Å². The Balaban J connectivity index is 0.000000325. The van der Waals surface area contributed by atoms with E-state index < -0.39 is 5.97 Å². The number of fused-ring (bicyclic) bond motifs is 1. The van der Waals surface area contributed by atoms with Gasteiger partial charge >= 0.3 is 23.0 Å². The van der Waals surface area contributed by atoms with Crippen molar-refractivity contribution in [1.29, 1.82) is 0 Å². The van der Waals surface area contributed by atoms with Gasteiger partial charge in [-0.05, 0) is 29.8 Å². The Morgan fingerprint density at radius 1 is 1.16 bits per heavy atom. The first-order valence-corrected chi connectivity index (χ1v) is 7.35. The summed E-state index contributed by atoms with van der Waals surface area (Å²) in [5.41, 5.74) is 1.34. The van der Waals surface area contributed by atoms with E-state index in [1.807, 2.05) is 54.6 Å². The predicted molar refractivity (Wildman–Crippen MR) is 90.9 cm³/mol. The number of aromatic carboxylic acids is 1. The fourth-order valence-electron chi connectivity index (χ4n) is 2.28. The van der Waals surface area contributed by atoms with E-state index >= 15 is 0 Å². The van der Waals surface area contributed by atoms with Gasteiger partial charge in [0, 0.05) is 5.39 Å². The van der Waals surface area contributed by atoms with Gasteiger partial charge in [-0.15, -0.1) is 0 Å². The van der Waals surface area contributed by atoms with Crippen LogP contribution in [0.4, 0.5) is 0 Å². The van der Waals surface area contributed by atoms with Crippen LogP contribution in [0.3, 0.4) is 0 Å². The molecule has 1 aliphatic carbocycles. The van der Waals surface area contributed by atoms with Gasteiger partial charge in [-0.3, -0.25) is 0 Å². The number of furan rings is 1. The number of rotatable bonds is 2. The van der Waals surface area contributed by atoms with Gasteiger partial charge in [-0.25, -0.2) is 16.9 Å². The molecule has 0 atom stereocenters. The van der Waals surface area contributed by atoms with Crippen molar-refractivity contribution in [2.75, 3.05) is 0 Å². The van der Waals surface area contributed by atoms with Crippen LogP contribution >= 0.6 is 0 Å². The molecule has 4 rings (SSSR count). The van der Waals surface area contributed by atoms with Crippen molar-refractivity contribution in [2.45, 2.75) is 0 Å². The van der Waals surface area contributed by atoms with E-state index in [-0.39, 0.29) is 39.5 Å². The summed E-state index contributed by atoms with van der Waals surface area (Å²) in [4.78, 5) is 10.9. The number of allylic oxidation sites excluding steroid dienone is 5. The fourth-order valence-corrected chi connectivity index (χ4v) is 2.28. The zero-order valence-electron chi connectivity index (χ0n) is 13.0. The third-order valence-electron chi connectivity index (χ3n) is 3.46. The van der Waals surface area contributed by atoms with E-state index in [1.54, 1.807) is 6.08 Å². The number of hydrogen-bond donors (Lipinski definition) is 1. The summed E-state index contributed by atoms with van der Waals surface area (Å²) >= 11 is 0. The maximum Gasteiger partial charge on any atom is 2.00 e. The van der Waals surface area contributed by atoms with Crippen molar-refractivity contribution < 1.29 is 36.5 Å². The Morgan fingerprint density at radius 2 is 1.84 bits per heavy atom. The first-order valence-electron chi connectivity index (χ1n) is 7.35. The molecule has 3 aromatic rings. The largest absolute Gasteiger partial charge is 2.00 e. The second-order valence-corrected chi connectivity index (χ2v) is 5.14. The van der Waals surface area contributed by atoms with E-state index in [0.29, 0.717) is 5.58 Å². The summed E-state index contributed by atoms with van der Waals surface area (Å²) in [6, 6.07) is 14.3. The van der Waals surface area contributed by atoms with Crippen LogP contribution in [0, 0.1) is 0 Å². The Bertz CT molecular complexity index is 912. The second-order valence-electron chi connectivity index (χ2n) is 5.14. The molecule has 0 aliphatic heterocycles. The van der Waals surface area contributed by atoms with Gasteiger partial charge in [0.1, 0.15) is 11.3 Å². The van der Waals surface area contributed by atoms with Crippen LogP contribution in [-0.2, 0) is 17.1 Å². The van der Waals surface area contributed by atoms with Crippen molar-refractivity contribution in [3.05, 3.63) is 89.7 Å². The van der Waals surface area contributed by atoms with Gasteiger partial charge in [0.2, 0.25) is 0 Å². The average Bonchev–Trinajstić information content (AvgIpc) is 3.33. The summed E-state index contributed by atoms with van der Waals surface area (Å²) in [5.74, 6) is -1.15. The SMILES string of the molecule is O=C(O)c1ccc2oc(C=C3C=CC=C3)c([O-])c2c1.[Fe+2].c1cc[cH-]c1. The van der Waals surface area contributed by atoms with Gasteiger partial charge in [0.05, 0.1) is 5.56 Å². The number of carboxylic acids is 1. The molecular weight excluding hydrogens is 360 g/mol. The molecule has 0 radical (unpaired) electrons. The normalized spacial score (nSPS) is 11.8. The Kier molecular flexibility index (Phi) is 6.12. The number of hydrogen-bond acceptors (Lipinski definition) is 3. The fraction of sp³-hybridized carbons (Fsp3) is 0. The zero-order valence-corrected chi connectivity index (χ0v) is 14.1. The zero-order chi connectivity index (χ0) is 16.9. The molecule has 126 valence electrons. The third kappa shape index (κ3) is 4.35. The monoisotopic (exact) mass is 374 g/mol. The molecule has 0 fully saturated rings. The Hall–Kier alpha value is -2.88. The quantitative estimate of drug-likeness (QED) is 0.541. The molecule has 0 amide bonds. The molecule has 1 aliphatic rings. The smallest absolute Gasteiger partial charge is 0.869 e. The van der Waals surface area contributed by atoms with Crippen LogP contribution in [0.2, 0.25) is 0 Å². The average molecular weight is 374 g/mol. The molecule has 2 aromatic carbocycles. The minimum Gasteiger partial charge on any atom is -0.869 e. The maximum absolute atomic E-state index is 12.1. The van der Waals surface area contributed by atoms with Crippen LogP contribution in [0.5, 0.6) is 5.75 Å². The van der Waals surface area contributed by atoms with Crippen molar-refractivity contribution >= 4 is 23.0 Å². The van der Waals surface area contributed by atoms with Gasteiger partial charge in [0.15, 0.2) is 0 Å². The van der Waals surface area contributed by atoms with Crippen LogP contribution in [0.25, 0.3) is 17.0 Å². The van der Waals surface area contributed by atoms with Crippen molar-refractivity contribution in [2.24, 2.45) is 0 Å². The molecule has 1 aromatic heterocycles. The molecule has 1 heterocycles. The van der Waals surface area contributed by atoms with Crippen LogP contribution in [0.1, 0.15) is 16.1 Å². The molecule has 0 saturated carbocycles. The first-order chi connectivity index (χ1) is 11.6. The van der Waals surface area contributed by atoms with Crippen molar-refractivity contribution in [3.63, 3.8) is 0 Å². The van der Waals surface area contributed by atoms with Crippen molar-refractivity contribution in [3.8, 4) is 5.75 Å². The van der Waals surface area contributed by atoms with Gasteiger partial charge in [-0.2, -0.15) is 18.2 Å². The van der Waals surface area contributed by atoms with Crippen molar-refractivity contribution in [1.82, 2.24) is 0 Å². The second kappa shape index (κ2) is 8.29. The number of carboxylic acid groups (broad SMARTS) is 1. The standard InChI is InChI=1S/C15H10O4.C5H5.Fe/c16-14-11-8-10(15(17)18)5-6-12(11)19-13(14)7-9-3-1-2-4-9;1-2-4-5-3-1;/h1-8,16H,(H,17,18);1-5H;/q;-1;+2/p-1. The number of benzene rings is 1. The molecular formula is C20H14FeO4. The topological polar surface area (TPSA) is 73.5 Å². The molecule has 1 N–H and O–H groups in total. The Morgan fingerprint density at radius 3 is 2.40 bits per heavy atom. The maximum atomic E-state index is 12.1. The molecule has 0 bridgehead atoms. The van der Waals surface area contributed by atoms with E-state index in [9.17, 15) is 9.90 Å².